The van der Waals surface area contributed by atoms with Gasteiger partial charge in [-0.25, -0.2) is 0 Å². The van der Waals surface area contributed by atoms with E-state index < -0.39 is 0 Å². The minimum atomic E-state index is -0.201. The third-order valence-electron chi connectivity index (χ3n) is 3.70. The summed E-state index contributed by atoms with van der Waals surface area (Å²) in [5, 5.41) is 0. The summed E-state index contributed by atoms with van der Waals surface area (Å²) in [7, 11) is 0. The van der Waals surface area contributed by atoms with Crippen LogP contribution in [0, 0.1) is 0 Å². The van der Waals surface area contributed by atoms with Crippen LogP contribution in [0.15, 0.2) is 0 Å². The van der Waals surface area contributed by atoms with Crippen LogP contribution in [-0.2, 0) is 14.3 Å². The van der Waals surface area contributed by atoms with E-state index in [1.54, 1.807) is 0 Å². The van der Waals surface area contributed by atoms with Crippen molar-refractivity contribution in [3.8, 4) is 0 Å². The van der Waals surface area contributed by atoms with Crippen LogP contribution < -0.4 is 0 Å². The Morgan fingerprint density at radius 3 is 3.00 bits per heavy atom. The second kappa shape index (κ2) is 5.04. The highest BCUT2D eigenvalue weighted by atomic mass is 16.5. The molecule has 1 amide bonds. The van der Waals surface area contributed by atoms with E-state index >= 15 is 0 Å². The van der Waals surface area contributed by atoms with Gasteiger partial charge in [0.05, 0.1) is 6.61 Å². The highest BCUT2D eigenvalue weighted by Gasteiger charge is 2.38. The van der Waals surface area contributed by atoms with E-state index in [2.05, 4.69) is 4.90 Å². The highest BCUT2D eigenvalue weighted by Crippen LogP contribution is 2.23. The summed E-state index contributed by atoms with van der Waals surface area (Å²) in [6, 6.07) is 0.0981. The molecule has 0 aromatic heterocycles. The quantitative estimate of drug-likeness (QED) is 0.663. The molecule has 0 aromatic carbocycles. The summed E-state index contributed by atoms with van der Waals surface area (Å²) >= 11 is 0. The first-order valence-corrected chi connectivity index (χ1v) is 6.33. The van der Waals surface area contributed by atoms with Crippen molar-refractivity contribution in [3.63, 3.8) is 0 Å². The molecule has 5 heteroatoms. The SMILES string of the molecule is CCOC(=O)C(C)N1CCN2C(=O)CCC2C1. The van der Waals surface area contributed by atoms with E-state index in [1.165, 1.54) is 0 Å². The molecule has 17 heavy (non-hydrogen) atoms. The van der Waals surface area contributed by atoms with Gasteiger partial charge >= 0.3 is 5.97 Å². The third-order valence-corrected chi connectivity index (χ3v) is 3.70. The molecule has 2 saturated heterocycles. The molecule has 0 N–H and O–H groups in total. The van der Waals surface area contributed by atoms with Gasteiger partial charge in [0, 0.05) is 32.1 Å². The van der Waals surface area contributed by atoms with E-state index in [-0.39, 0.29) is 17.9 Å². The third kappa shape index (κ3) is 2.44. The maximum absolute atomic E-state index is 11.7. The standard InChI is InChI=1S/C12H20N2O3/c1-3-17-12(16)9(2)13-6-7-14-10(8-13)4-5-11(14)15/h9-10H,3-8H2,1-2H3. The molecular formula is C12H20N2O3. The molecular weight excluding hydrogens is 220 g/mol. The summed E-state index contributed by atoms with van der Waals surface area (Å²) < 4.78 is 5.03. The monoisotopic (exact) mass is 240 g/mol. The predicted molar refractivity (Wildman–Crippen MR) is 62.4 cm³/mol. The first kappa shape index (κ1) is 12.4. The molecule has 0 saturated carbocycles. The summed E-state index contributed by atoms with van der Waals surface area (Å²) in [6.07, 6.45) is 1.58. The van der Waals surface area contributed by atoms with Gasteiger partial charge in [-0.2, -0.15) is 0 Å². The molecule has 0 aliphatic carbocycles. The number of piperazine rings is 1. The van der Waals surface area contributed by atoms with Crippen LogP contribution in [0.2, 0.25) is 0 Å². The fourth-order valence-corrected chi connectivity index (χ4v) is 2.65. The van der Waals surface area contributed by atoms with Crippen molar-refractivity contribution in [2.45, 2.75) is 38.8 Å². The van der Waals surface area contributed by atoms with Crippen molar-refractivity contribution in [2.24, 2.45) is 0 Å². The number of hydrogen-bond donors (Lipinski definition) is 0. The largest absolute Gasteiger partial charge is 0.465 e. The van der Waals surface area contributed by atoms with Crippen LogP contribution in [0.4, 0.5) is 0 Å². The van der Waals surface area contributed by atoms with Crippen molar-refractivity contribution in [1.82, 2.24) is 9.80 Å². The Kier molecular flexibility index (Phi) is 3.66. The van der Waals surface area contributed by atoms with Gasteiger partial charge in [0.1, 0.15) is 6.04 Å². The van der Waals surface area contributed by atoms with Crippen molar-refractivity contribution >= 4 is 11.9 Å². The van der Waals surface area contributed by atoms with Gasteiger partial charge in [-0.15, -0.1) is 0 Å². The summed E-state index contributed by atoms with van der Waals surface area (Å²) in [5.41, 5.74) is 0. The van der Waals surface area contributed by atoms with E-state index in [0.29, 0.717) is 19.1 Å². The lowest BCUT2D eigenvalue weighted by atomic mass is 10.1. The summed E-state index contributed by atoms with van der Waals surface area (Å²) in [5.74, 6) is 0.101. The summed E-state index contributed by atoms with van der Waals surface area (Å²) in [6.45, 7) is 6.43. The fraction of sp³-hybridized carbons (Fsp3) is 0.833. The maximum atomic E-state index is 11.7. The molecule has 96 valence electrons. The number of carbonyl (C=O) groups is 2. The number of amides is 1. The van der Waals surface area contributed by atoms with Crippen LogP contribution >= 0.6 is 0 Å². The molecule has 0 radical (unpaired) electrons. The Labute approximate surface area is 102 Å². The summed E-state index contributed by atoms with van der Waals surface area (Å²) in [4.78, 5) is 27.3. The normalized spacial score (nSPS) is 26.8. The highest BCUT2D eigenvalue weighted by molar-refractivity contribution is 5.79. The van der Waals surface area contributed by atoms with E-state index in [9.17, 15) is 9.59 Å². The van der Waals surface area contributed by atoms with Gasteiger partial charge in [0.15, 0.2) is 0 Å². The minimum Gasteiger partial charge on any atom is -0.465 e. The Morgan fingerprint density at radius 1 is 1.53 bits per heavy atom. The van der Waals surface area contributed by atoms with Gasteiger partial charge in [0.2, 0.25) is 5.91 Å². The Hall–Kier alpha value is -1.10. The lowest BCUT2D eigenvalue weighted by Crippen LogP contribution is -2.55. The maximum Gasteiger partial charge on any atom is 0.323 e. The van der Waals surface area contributed by atoms with Crippen LogP contribution in [-0.4, -0.2) is 60.0 Å². The first-order chi connectivity index (χ1) is 8.13. The fourth-order valence-electron chi connectivity index (χ4n) is 2.65. The van der Waals surface area contributed by atoms with Crippen LogP contribution in [0.1, 0.15) is 26.7 Å². The molecule has 2 aliphatic heterocycles. The van der Waals surface area contributed by atoms with Crippen LogP contribution in [0.25, 0.3) is 0 Å². The average molecular weight is 240 g/mol. The zero-order chi connectivity index (χ0) is 12.4. The van der Waals surface area contributed by atoms with Gasteiger partial charge < -0.3 is 9.64 Å². The van der Waals surface area contributed by atoms with Crippen molar-refractivity contribution in [2.75, 3.05) is 26.2 Å². The Morgan fingerprint density at radius 2 is 2.29 bits per heavy atom. The van der Waals surface area contributed by atoms with E-state index in [1.807, 2.05) is 18.7 Å². The second-order valence-electron chi connectivity index (χ2n) is 4.70. The van der Waals surface area contributed by atoms with Crippen molar-refractivity contribution in [3.05, 3.63) is 0 Å². The van der Waals surface area contributed by atoms with Gasteiger partial charge in [-0.1, -0.05) is 0 Å². The van der Waals surface area contributed by atoms with Gasteiger partial charge in [-0.05, 0) is 20.3 Å². The smallest absolute Gasteiger partial charge is 0.323 e. The molecule has 2 rings (SSSR count). The Bertz CT molecular complexity index is 319. The minimum absolute atomic E-state index is 0.162. The molecule has 2 atom stereocenters. The number of hydrogen-bond acceptors (Lipinski definition) is 4. The van der Waals surface area contributed by atoms with Crippen LogP contribution in [0.3, 0.4) is 0 Å². The number of nitrogens with zero attached hydrogens (tertiary/aromatic N) is 2. The van der Waals surface area contributed by atoms with Crippen LogP contribution in [0.5, 0.6) is 0 Å². The number of ether oxygens (including phenoxy) is 1. The number of rotatable bonds is 3. The number of esters is 1. The molecule has 2 unspecified atom stereocenters. The second-order valence-corrected chi connectivity index (χ2v) is 4.70. The van der Waals surface area contributed by atoms with E-state index in [4.69, 9.17) is 4.74 Å². The molecule has 2 aliphatic rings. The molecule has 2 heterocycles. The van der Waals surface area contributed by atoms with Crippen molar-refractivity contribution in [1.29, 1.82) is 0 Å². The zero-order valence-corrected chi connectivity index (χ0v) is 10.5. The lowest BCUT2D eigenvalue weighted by Gasteiger charge is -2.39. The first-order valence-electron chi connectivity index (χ1n) is 6.33. The molecule has 0 spiro atoms. The molecule has 5 nitrogen and oxygen atoms in total. The van der Waals surface area contributed by atoms with E-state index in [0.717, 1.165) is 26.1 Å². The average Bonchev–Trinajstić information content (AvgIpc) is 2.70. The molecule has 2 fully saturated rings. The molecule has 0 bridgehead atoms. The topological polar surface area (TPSA) is 49.9 Å². The lowest BCUT2D eigenvalue weighted by molar-refractivity contribution is -0.150. The number of fused-ring (bicyclic) bond motifs is 1. The Balaban J connectivity index is 1.92. The zero-order valence-electron chi connectivity index (χ0n) is 10.5. The molecule has 0 aromatic rings. The van der Waals surface area contributed by atoms with Gasteiger partial charge in [0.25, 0.3) is 0 Å². The van der Waals surface area contributed by atoms with Gasteiger partial charge in [-0.3, -0.25) is 14.5 Å². The number of carbonyl (C=O) groups excluding carboxylic acids is 2. The predicted octanol–water partition coefficient (Wildman–Crippen LogP) is 0.245. The van der Waals surface area contributed by atoms with Crippen molar-refractivity contribution < 1.29 is 14.3 Å².